The third kappa shape index (κ3) is 2.47. The highest BCUT2D eigenvalue weighted by Crippen LogP contribution is 2.12. The van der Waals surface area contributed by atoms with Gasteiger partial charge in [0.15, 0.2) is 5.65 Å². The zero-order valence-electron chi connectivity index (χ0n) is 11.8. The molecule has 8 nitrogen and oxygen atoms in total. The number of fused-ring (bicyclic) bond motifs is 1. The second-order valence-electron chi connectivity index (χ2n) is 4.52. The van der Waals surface area contributed by atoms with Crippen molar-refractivity contribution >= 4 is 16.9 Å². The second-order valence-corrected chi connectivity index (χ2v) is 4.52. The molecule has 0 unspecified atom stereocenters. The molecular formula is C14H13N5O3. The van der Waals surface area contributed by atoms with E-state index in [9.17, 15) is 9.59 Å². The van der Waals surface area contributed by atoms with E-state index < -0.39 is 11.5 Å². The summed E-state index contributed by atoms with van der Waals surface area (Å²) in [5.74, 6) is -0.443. The first kappa shape index (κ1) is 14.0. The van der Waals surface area contributed by atoms with E-state index >= 15 is 0 Å². The van der Waals surface area contributed by atoms with Gasteiger partial charge >= 0.3 is 0 Å². The maximum absolute atomic E-state index is 12.3. The van der Waals surface area contributed by atoms with E-state index in [0.29, 0.717) is 11.0 Å². The van der Waals surface area contributed by atoms with Gasteiger partial charge in [0, 0.05) is 7.11 Å². The zero-order chi connectivity index (χ0) is 15.5. The molecule has 1 amide bonds. The maximum atomic E-state index is 12.3. The van der Waals surface area contributed by atoms with Gasteiger partial charge in [-0.1, -0.05) is 18.2 Å². The number of nitrogens with one attached hydrogen (secondary N) is 1. The Morgan fingerprint density at radius 3 is 2.82 bits per heavy atom. The van der Waals surface area contributed by atoms with Crippen LogP contribution in [0.4, 0.5) is 0 Å². The van der Waals surface area contributed by atoms with Crippen LogP contribution >= 0.6 is 0 Å². The fourth-order valence-electron chi connectivity index (χ4n) is 2.05. The summed E-state index contributed by atoms with van der Waals surface area (Å²) in [5, 5.41) is 4.50. The number of carbonyl (C=O) groups is 1. The average molecular weight is 299 g/mol. The molecule has 2 aromatic heterocycles. The summed E-state index contributed by atoms with van der Waals surface area (Å²) < 4.78 is 7.28. The number of hydrogen-bond acceptors (Lipinski definition) is 5. The summed E-state index contributed by atoms with van der Waals surface area (Å²) in [4.78, 5) is 28.0. The predicted octanol–water partition coefficient (Wildman–Crippen LogP) is 0.299. The number of aromatic nitrogens is 4. The van der Waals surface area contributed by atoms with Crippen LogP contribution in [0.3, 0.4) is 0 Å². The van der Waals surface area contributed by atoms with Crippen LogP contribution in [-0.2, 0) is 9.53 Å². The first-order chi connectivity index (χ1) is 10.7. The lowest BCUT2D eigenvalue weighted by molar-refractivity contribution is -0.120. The van der Waals surface area contributed by atoms with Crippen LogP contribution in [0.1, 0.15) is 0 Å². The Morgan fingerprint density at radius 1 is 1.32 bits per heavy atom. The minimum absolute atomic E-state index is 0.145. The van der Waals surface area contributed by atoms with Crippen LogP contribution in [0, 0.1) is 0 Å². The lowest BCUT2D eigenvalue weighted by Crippen LogP contribution is -2.34. The quantitative estimate of drug-likeness (QED) is 0.748. The molecule has 0 saturated carbocycles. The molecule has 22 heavy (non-hydrogen) atoms. The summed E-state index contributed by atoms with van der Waals surface area (Å²) in [7, 11) is 1.40. The standard InChI is InChI=1S/C14H13N5O3/c1-22-8-12(20)17-18-9-15-13-11(14(18)21)7-16-19(13)10-5-3-2-4-6-10/h2-7,9H,8H2,1H3,(H,17,20). The van der Waals surface area contributed by atoms with Gasteiger partial charge in [0.2, 0.25) is 0 Å². The molecule has 0 aliphatic rings. The van der Waals surface area contributed by atoms with Gasteiger partial charge in [-0.15, -0.1) is 0 Å². The van der Waals surface area contributed by atoms with Gasteiger partial charge in [0.1, 0.15) is 18.3 Å². The van der Waals surface area contributed by atoms with Crippen molar-refractivity contribution in [3.63, 3.8) is 0 Å². The minimum atomic E-state index is -0.443. The van der Waals surface area contributed by atoms with Crippen molar-refractivity contribution < 1.29 is 9.53 Å². The van der Waals surface area contributed by atoms with Crippen LogP contribution in [0.2, 0.25) is 0 Å². The number of para-hydroxylation sites is 1. The monoisotopic (exact) mass is 299 g/mol. The molecule has 0 bridgehead atoms. The fourth-order valence-corrected chi connectivity index (χ4v) is 2.05. The lowest BCUT2D eigenvalue weighted by atomic mass is 10.3. The third-order valence-electron chi connectivity index (χ3n) is 3.01. The Morgan fingerprint density at radius 2 is 2.09 bits per heavy atom. The van der Waals surface area contributed by atoms with Crippen LogP contribution in [0.15, 0.2) is 47.7 Å². The Kier molecular flexibility index (Phi) is 3.67. The van der Waals surface area contributed by atoms with E-state index in [1.807, 2.05) is 30.3 Å². The first-order valence-corrected chi connectivity index (χ1v) is 6.50. The molecule has 3 rings (SSSR count). The van der Waals surface area contributed by atoms with Crippen molar-refractivity contribution in [2.45, 2.75) is 0 Å². The van der Waals surface area contributed by atoms with Crippen molar-refractivity contribution in [2.24, 2.45) is 0 Å². The van der Waals surface area contributed by atoms with Gasteiger partial charge in [0.05, 0.1) is 11.9 Å². The molecule has 0 aliphatic heterocycles. The van der Waals surface area contributed by atoms with E-state index in [1.54, 1.807) is 4.68 Å². The van der Waals surface area contributed by atoms with Crippen LogP contribution < -0.4 is 11.0 Å². The number of rotatable bonds is 4. The lowest BCUT2D eigenvalue weighted by Gasteiger charge is -2.07. The van der Waals surface area contributed by atoms with Crippen molar-refractivity contribution in [1.29, 1.82) is 0 Å². The predicted molar refractivity (Wildman–Crippen MR) is 79.4 cm³/mol. The topological polar surface area (TPSA) is 91.0 Å². The van der Waals surface area contributed by atoms with Crippen molar-refractivity contribution in [1.82, 2.24) is 19.4 Å². The number of carbonyl (C=O) groups excluding carboxylic acids is 1. The van der Waals surface area contributed by atoms with Gasteiger partial charge < -0.3 is 4.74 Å². The van der Waals surface area contributed by atoms with Crippen LogP contribution in [0.25, 0.3) is 16.7 Å². The van der Waals surface area contributed by atoms with Gasteiger partial charge in [-0.2, -0.15) is 5.10 Å². The summed E-state index contributed by atoms with van der Waals surface area (Å²) in [6, 6.07) is 9.35. The summed E-state index contributed by atoms with van der Waals surface area (Å²) in [6.45, 7) is -0.145. The molecule has 3 aromatic rings. The highest BCUT2D eigenvalue weighted by Gasteiger charge is 2.12. The summed E-state index contributed by atoms with van der Waals surface area (Å²) in [5.41, 5.74) is 3.21. The summed E-state index contributed by atoms with van der Waals surface area (Å²) >= 11 is 0. The number of methoxy groups -OCH3 is 1. The van der Waals surface area contributed by atoms with Crippen molar-refractivity contribution in [3.8, 4) is 5.69 Å². The third-order valence-corrected chi connectivity index (χ3v) is 3.01. The molecule has 8 heteroatoms. The molecule has 0 radical (unpaired) electrons. The smallest absolute Gasteiger partial charge is 0.283 e. The van der Waals surface area contributed by atoms with Gasteiger partial charge in [-0.05, 0) is 12.1 Å². The average Bonchev–Trinajstić information content (AvgIpc) is 2.96. The molecule has 0 aliphatic carbocycles. The number of ether oxygens (including phenoxy) is 1. The SMILES string of the molecule is COCC(=O)Nn1cnc2c(cnn2-c2ccccc2)c1=O. The van der Waals surface area contributed by atoms with Gasteiger partial charge in [-0.25, -0.2) is 14.3 Å². The molecule has 0 saturated heterocycles. The van der Waals surface area contributed by atoms with E-state index in [2.05, 4.69) is 15.5 Å². The number of amides is 1. The molecule has 0 fully saturated rings. The number of benzene rings is 1. The first-order valence-electron chi connectivity index (χ1n) is 6.50. The van der Waals surface area contributed by atoms with Crippen molar-refractivity contribution in [2.75, 3.05) is 19.1 Å². The molecule has 0 spiro atoms. The van der Waals surface area contributed by atoms with Crippen molar-refractivity contribution in [3.05, 3.63) is 53.2 Å². The molecule has 1 aromatic carbocycles. The Labute approximate surface area is 124 Å². The molecule has 112 valence electrons. The van der Waals surface area contributed by atoms with Gasteiger partial charge in [-0.3, -0.25) is 15.0 Å². The normalized spacial score (nSPS) is 10.8. The Bertz CT molecular complexity index is 869. The van der Waals surface area contributed by atoms with E-state index in [0.717, 1.165) is 10.4 Å². The molecule has 1 N–H and O–H groups in total. The van der Waals surface area contributed by atoms with E-state index in [-0.39, 0.29) is 6.61 Å². The second kappa shape index (κ2) is 5.78. The summed E-state index contributed by atoms with van der Waals surface area (Å²) in [6.07, 6.45) is 2.68. The Hall–Kier alpha value is -3.00. The maximum Gasteiger partial charge on any atom is 0.283 e. The minimum Gasteiger partial charge on any atom is -0.375 e. The molecule has 2 heterocycles. The van der Waals surface area contributed by atoms with Crippen LogP contribution in [0.5, 0.6) is 0 Å². The number of hydrogen-bond donors (Lipinski definition) is 1. The number of nitrogens with zero attached hydrogens (tertiary/aromatic N) is 4. The van der Waals surface area contributed by atoms with Crippen LogP contribution in [-0.4, -0.2) is 39.1 Å². The van der Waals surface area contributed by atoms with E-state index in [1.165, 1.54) is 19.6 Å². The fraction of sp³-hybridized carbons (Fsp3) is 0.143. The molecular weight excluding hydrogens is 286 g/mol. The highest BCUT2D eigenvalue weighted by atomic mass is 16.5. The Balaban J connectivity index is 2.04. The van der Waals surface area contributed by atoms with E-state index in [4.69, 9.17) is 4.74 Å². The molecule has 0 atom stereocenters. The van der Waals surface area contributed by atoms with Gasteiger partial charge in [0.25, 0.3) is 11.5 Å². The zero-order valence-corrected chi connectivity index (χ0v) is 11.8. The largest absolute Gasteiger partial charge is 0.375 e. The highest BCUT2D eigenvalue weighted by molar-refractivity contribution is 5.85.